The number of pyridine rings is 1. The van der Waals surface area contributed by atoms with Crippen molar-refractivity contribution in [3.05, 3.63) is 47.3 Å². The second kappa shape index (κ2) is 5.71. The van der Waals surface area contributed by atoms with Gasteiger partial charge >= 0.3 is 0 Å². The second-order valence-corrected chi connectivity index (χ2v) is 4.39. The van der Waals surface area contributed by atoms with Crippen molar-refractivity contribution in [1.82, 2.24) is 4.98 Å². The van der Waals surface area contributed by atoms with Crippen molar-refractivity contribution >= 4 is 0 Å². The number of hydrogen-bond donors (Lipinski definition) is 1. The minimum Gasteiger partial charge on any atom is -0.493 e. The lowest BCUT2D eigenvalue weighted by molar-refractivity contribution is 0.377. The van der Waals surface area contributed by atoms with Crippen LogP contribution in [0.2, 0.25) is 0 Å². The van der Waals surface area contributed by atoms with Crippen LogP contribution in [0, 0.1) is 13.8 Å². The Morgan fingerprint density at radius 1 is 1.11 bits per heavy atom. The maximum atomic E-state index is 5.91. The molecule has 0 atom stereocenters. The molecule has 1 aromatic heterocycles. The molecule has 0 aliphatic carbocycles. The fourth-order valence-corrected chi connectivity index (χ4v) is 1.79. The Morgan fingerprint density at radius 3 is 2.58 bits per heavy atom. The van der Waals surface area contributed by atoms with Crippen molar-refractivity contribution < 1.29 is 9.47 Å². The second-order valence-electron chi connectivity index (χ2n) is 4.39. The lowest BCUT2D eigenvalue weighted by Gasteiger charge is -2.13. The average molecular weight is 258 g/mol. The van der Waals surface area contributed by atoms with Gasteiger partial charge in [0, 0.05) is 30.1 Å². The highest BCUT2D eigenvalue weighted by Gasteiger charge is 2.09. The summed E-state index contributed by atoms with van der Waals surface area (Å²) in [5.74, 6) is 2.10. The normalized spacial score (nSPS) is 10.3. The van der Waals surface area contributed by atoms with E-state index in [1.807, 2.05) is 38.1 Å². The molecule has 0 aliphatic rings. The van der Waals surface area contributed by atoms with E-state index in [0.29, 0.717) is 18.0 Å². The van der Waals surface area contributed by atoms with Gasteiger partial charge in [-0.05, 0) is 31.5 Å². The lowest BCUT2D eigenvalue weighted by Crippen LogP contribution is -2.01. The van der Waals surface area contributed by atoms with E-state index in [1.165, 1.54) is 0 Å². The van der Waals surface area contributed by atoms with Gasteiger partial charge in [-0.25, -0.2) is 0 Å². The molecule has 1 aromatic carbocycles. The summed E-state index contributed by atoms with van der Waals surface area (Å²) in [5.41, 5.74) is 8.57. The fraction of sp³-hybridized carbons (Fsp3) is 0.267. The van der Waals surface area contributed by atoms with Gasteiger partial charge in [0.15, 0.2) is 11.5 Å². The summed E-state index contributed by atoms with van der Waals surface area (Å²) in [6.07, 6.45) is 1.74. The molecule has 2 N–H and O–H groups in total. The van der Waals surface area contributed by atoms with Crippen molar-refractivity contribution in [3.63, 3.8) is 0 Å². The van der Waals surface area contributed by atoms with Crippen LogP contribution in [0.15, 0.2) is 30.5 Å². The van der Waals surface area contributed by atoms with E-state index in [4.69, 9.17) is 15.2 Å². The highest BCUT2D eigenvalue weighted by atomic mass is 16.5. The van der Waals surface area contributed by atoms with Crippen LogP contribution in [0.4, 0.5) is 0 Å². The van der Waals surface area contributed by atoms with E-state index in [9.17, 15) is 0 Å². The summed E-state index contributed by atoms with van der Waals surface area (Å²) in [7, 11) is 1.63. The number of benzene rings is 1. The third kappa shape index (κ3) is 3.03. The van der Waals surface area contributed by atoms with Crippen LogP contribution >= 0.6 is 0 Å². The predicted octanol–water partition coefficient (Wildman–Crippen LogP) is 2.96. The van der Waals surface area contributed by atoms with Crippen LogP contribution < -0.4 is 15.2 Å². The molecule has 0 amide bonds. The molecule has 2 rings (SSSR count). The van der Waals surface area contributed by atoms with Gasteiger partial charge in [0.1, 0.15) is 5.75 Å². The molecule has 0 unspecified atom stereocenters. The molecule has 0 saturated heterocycles. The smallest absolute Gasteiger partial charge is 0.169 e. The van der Waals surface area contributed by atoms with Crippen LogP contribution in [-0.2, 0) is 6.54 Å². The number of hydrogen-bond acceptors (Lipinski definition) is 4. The molecule has 4 heteroatoms. The van der Waals surface area contributed by atoms with Crippen LogP contribution in [0.25, 0.3) is 0 Å². The standard InChI is InChI=1S/C15H18N2O2/c1-10-4-5-13(15(6-10)18-3)19-14-7-11(2)17-9-12(14)8-16/h4-7,9H,8,16H2,1-3H3. The summed E-state index contributed by atoms with van der Waals surface area (Å²) in [6.45, 7) is 4.31. The molecule has 0 saturated carbocycles. The number of aromatic nitrogens is 1. The van der Waals surface area contributed by atoms with E-state index in [0.717, 1.165) is 22.6 Å². The maximum absolute atomic E-state index is 5.91. The molecular weight excluding hydrogens is 240 g/mol. The highest BCUT2D eigenvalue weighted by molar-refractivity contribution is 5.46. The average Bonchev–Trinajstić information content (AvgIpc) is 2.41. The third-order valence-corrected chi connectivity index (χ3v) is 2.84. The Labute approximate surface area is 113 Å². The maximum Gasteiger partial charge on any atom is 0.169 e. The van der Waals surface area contributed by atoms with Gasteiger partial charge in [-0.2, -0.15) is 0 Å². The number of nitrogens with two attached hydrogens (primary N) is 1. The summed E-state index contributed by atoms with van der Waals surface area (Å²) < 4.78 is 11.2. The van der Waals surface area contributed by atoms with Gasteiger partial charge in [-0.3, -0.25) is 4.98 Å². The number of methoxy groups -OCH3 is 1. The SMILES string of the molecule is COc1cc(C)ccc1Oc1cc(C)ncc1CN. The minimum atomic E-state index is 0.386. The zero-order valence-corrected chi connectivity index (χ0v) is 11.4. The first-order valence-electron chi connectivity index (χ1n) is 6.12. The first-order valence-corrected chi connectivity index (χ1v) is 6.12. The zero-order chi connectivity index (χ0) is 13.8. The number of aryl methyl sites for hydroxylation is 2. The van der Waals surface area contributed by atoms with Crippen molar-refractivity contribution in [3.8, 4) is 17.2 Å². The number of ether oxygens (including phenoxy) is 2. The molecule has 0 fully saturated rings. The first-order chi connectivity index (χ1) is 9.13. The van der Waals surface area contributed by atoms with Gasteiger partial charge < -0.3 is 15.2 Å². The molecular formula is C15H18N2O2. The molecule has 19 heavy (non-hydrogen) atoms. The summed E-state index contributed by atoms with van der Waals surface area (Å²) >= 11 is 0. The van der Waals surface area contributed by atoms with Crippen molar-refractivity contribution in [2.24, 2.45) is 5.73 Å². The van der Waals surface area contributed by atoms with E-state index >= 15 is 0 Å². The van der Waals surface area contributed by atoms with Crippen LogP contribution in [0.1, 0.15) is 16.8 Å². The Morgan fingerprint density at radius 2 is 1.89 bits per heavy atom. The van der Waals surface area contributed by atoms with Gasteiger partial charge in [0.25, 0.3) is 0 Å². The topological polar surface area (TPSA) is 57.4 Å². The Hall–Kier alpha value is -2.07. The molecule has 2 aromatic rings. The zero-order valence-electron chi connectivity index (χ0n) is 11.4. The third-order valence-electron chi connectivity index (χ3n) is 2.84. The molecule has 1 heterocycles. The van der Waals surface area contributed by atoms with Crippen molar-refractivity contribution in [2.75, 3.05) is 7.11 Å². The van der Waals surface area contributed by atoms with E-state index in [-0.39, 0.29) is 0 Å². The van der Waals surface area contributed by atoms with E-state index < -0.39 is 0 Å². The fourth-order valence-electron chi connectivity index (χ4n) is 1.79. The minimum absolute atomic E-state index is 0.386. The van der Waals surface area contributed by atoms with E-state index in [2.05, 4.69) is 4.98 Å². The van der Waals surface area contributed by atoms with Gasteiger partial charge in [-0.1, -0.05) is 6.07 Å². The monoisotopic (exact) mass is 258 g/mol. The van der Waals surface area contributed by atoms with Crippen molar-refractivity contribution in [2.45, 2.75) is 20.4 Å². The van der Waals surface area contributed by atoms with Gasteiger partial charge in [-0.15, -0.1) is 0 Å². The number of rotatable bonds is 4. The van der Waals surface area contributed by atoms with Gasteiger partial charge in [0.2, 0.25) is 0 Å². The summed E-state index contributed by atoms with van der Waals surface area (Å²) in [4.78, 5) is 4.22. The predicted molar refractivity (Wildman–Crippen MR) is 74.7 cm³/mol. The molecule has 4 nitrogen and oxygen atoms in total. The highest BCUT2D eigenvalue weighted by Crippen LogP contribution is 2.33. The Kier molecular flexibility index (Phi) is 4.02. The van der Waals surface area contributed by atoms with Crippen LogP contribution in [-0.4, -0.2) is 12.1 Å². The molecule has 0 radical (unpaired) electrons. The molecule has 100 valence electrons. The van der Waals surface area contributed by atoms with E-state index in [1.54, 1.807) is 13.3 Å². The largest absolute Gasteiger partial charge is 0.493 e. The molecule has 0 bridgehead atoms. The molecule has 0 aliphatic heterocycles. The summed E-state index contributed by atoms with van der Waals surface area (Å²) in [5, 5.41) is 0. The molecule has 0 spiro atoms. The van der Waals surface area contributed by atoms with Crippen LogP contribution in [0.5, 0.6) is 17.2 Å². The summed E-state index contributed by atoms with van der Waals surface area (Å²) in [6, 6.07) is 7.69. The lowest BCUT2D eigenvalue weighted by atomic mass is 10.2. The first kappa shape index (κ1) is 13.4. The number of nitrogens with zero attached hydrogens (tertiary/aromatic N) is 1. The van der Waals surface area contributed by atoms with Crippen molar-refractivity contribution in [1.29, 1.82) is 0 Å². The van der Waals surface area contributed by atoms with Gasteiger partial charge in [0.05, 0.1) is 7.11 Å². The Balaban J connectivity index is 2.38. The Bertz CT molecular complexity index is 582. The van der Waals surface area contributed by atoms with Crippen LogP contribution in [0.3, 0.4) is 0 Å². The quantitative estimate of drug-likeness (QED) is 0.916.